The summed E-state index contributed by atoms with van der Waals surface area (Å²) >= 11 is 0. The summed E-state index contributed by atoms with van der Waals surface area (Å²) in [6.07, 6.45) is 3.85. The van der Waals surface area contributed by atoms with Crippen molar-refractivity contribution in [1.82, 2.24) is 24.5 Å². The second-order valence-corrected chi connectivity index (χ2v) is 6.76. The number of hydrogen-bond donors (Lipinski definition) is 2. The molecule has 3 aromatic heterocycles. The van der Waals surface area contributed by atoms with Crippen molar-refractivity contribution in [2.45, 2.75) is 38.6 Å². The third-order valence-electron chi connectivity index (χ3n) is 4.84. The zero-order valence-electron chi connectivity index (χ0n) is 15.1. The number of aryl methyl sites for hydroxylation is 1. The number of halogens is 1. The third-order valence-corrected chi connectivity index (χ3v) is 4.84. The number of pyridine rings is 1. The minimum Gasteiger partial charge on any atom is -0.287 e. The molecule has 1 aliphatic carbocycles. The van der Waals surface area contributed by atoms with Gasteiger partial charge in [0.05, 0.1) is 17.6 Å². The fourth-order valence-electron chi connectivity index (χ4n) is 3.40. The van der Waals surface area contributed by atoms with Gasteiger partial charge in [-0.3, -0.25) is 20.5 Å². The fraction of sp³-hybridized carbons (Fsp3) is 0.316. The Morgan fingerprint density at radius 3 is 2.74 bits per heavy atom. The van der Waals surface area contributed by atoms with Crippen LogP contribution in [-0.2, 0) is 6.54 Å². The van der Waals surface area contributed by atoms with Gasteiger partial charge >= 0.3 is 0 Å². The lowest BCUT2D eigenvalue weighted by Crippen LogP contribution is -2.27. The average Bonchev–Trinajstić information content (AvgIpc) is 3.34. The lowest BCUT2D eigenvalue weighted by atomic mass is 10.1. The maximum atomic E-state index is 13.4. The normalized spacial score (nSPS) is 18.5. The molecule has 1 fully saturated rings. The highest BCUT2D eigenvalue weighted by atomic mass is 19.1. The highest BCUT2D eigenvalue weighted by molar-refractivity contribution is 5.77. The summed E-state index contributed by atoms with van der Waals surface area (Å²) < 4.78 is 16.6. The lowest BCUT2D eigenvalue weighted by Gasteiger charge is -2.07. The van der Waals surface area contributed by atoms with E-state index in [9.17, 15) is 4.39 Å². The zero-order chi connectivity index (χ0) is 19.1. The van der Waals surface area contributed by atoms with Crippen LogP contribution in [0.5, 0.6) is 0 Å². The Labute approximate surface area is 155 Å². The molecule has 2 unspecified atom stereocenters. The number of nitrogens with zero attached hydrogens (tertiary/aromatic N) is 5. The molecule has 27 heavy (non-hydrogen) atoms. The van der Waals surface area contributed by atoms with E-state index in [1.807, 2.05) is 17.7 Å². The monoisotopic (exact) mass is 365 g/mol. The van der Waals surface area contributed by atoms with E-state index >= 15 is 0 Å². The maximum Gasteiger partial charge on any atom is 0.148 e. The second kappa shape index (κ2) is 6.53. The van der Waals surface area contributed by atoms with Crippen molar-refractivity contribution >= 4 is 5.84 Å². The Bertz CT molecular complexity index is 1080. The first-order valence-electron chi connectivity index (χ1n) is 8.87. The van der Waals surface area contributed by atoms with E-state index in [2.05, 4.69) is 10.1 Å². The van der Waals surface area contributed by atoms with Gasteiger partial charge in [-0.05, 0) is 56.0 Å². The third kappa shape index (κ3) is 3.18. The predicted octanol–water partition coefficient (Wildman–Crippen LogP) is 2.90. The summed E-state index contributed by atoms with van der Waals surface area (Å²) in [5.41, 5.74) is 3.54. The van der Waals surface area contributed by atoms with Crippen LogP contribution in [-0.4, -0.2) is 30.4 Å². The summed E-state index contributed by atoms with van der Waals surface area (Å²) in [6, 6.07) is 6.96. The summed E-state index contributed by atoms with van der Waals surface area (Å²) in [7, 11) is 0. The first-order chi connectivity index (χ1) is 13.0. The first kappa shape index (κ1) is 17.3. The smallest absolute Gasteiger partial charge is 0.148 e. The number of nitrogens with one attached hydrogen (secondary N) is 2. The molecule has 2 N–H and O–H groups in total. The Morgan fingerprint density at radius 1 is 1.22 bits per heavy atom. The quantitative estimate of drug-likeness (QED) is 0.549. The van der Waals surface area contributed by atoms with Crippen LogP contribution in [0.1, 0.15) is 43.4 Å². The average molecular weight is 365 g/mol. The van der Waals surface area contributed by atoms with E-state index < -0.39 is 0 Å². The Morgan fingerprint density at radius 2 is 2.04 bits per heavy atom. The molecule has 8 heteroatoms. The molecule has 0 aromatic carbocycles. The molecule has 2 atom stereocenters. The first-order valence-corrected chi connectivity index (χ1v) is 8.87. The molecule has 0 amide bonds. The van der Waals surface area contributed by atoms with E-state index in [4.69, 9.17) is 15.9 Å². The van der Waals surface area contributed by atoms with Crippen LogP contribution in [0.15, 0.2) is 36.7 Å². The van der Waals surface area contributed by atoms with Gasteiger partial charge in [0.2, 0.25) is 0 Å². The van der Waals surface area contributed by atoms with Crippen molar-refractivity contribution in [3.05, 3.63) is 59.2 Å². The zero-order valence-corrected chi connectivity index (χ0v) is 15.1. The SMILES string of the molecule is CCn1nc(C2CC2c2cncc(F)c2)cc1-c1ccc(=N)n(C(C)=N)n1. The Balaban J connectivity index is 1.67. The molecule has 3 aromatic rings. The molecule has 138 valence electrons. The van der Waals surface area contributed by atoms with Gasteiger partial charge in [0.25, 0.3) is 0 Å². The van der Waals surface area contributed by atoms with Crippen molar-refractivity contribution in [3.8, 4) is 11.4 Å². The highest BCUT2D eigenvalue weighted by Crippen LogP contribution is 2.54. The van der Waals surface area contributed by atoms with E-state index in [-0.39, 0.29) is 29.0 Å². The van der Waals surface area contributed by atoms with Gasteiger partial charge in [0.1, 0.15) is 22.8 Å². The number of aromatic nitrogens is 5. The van der Waals surface area contributed by atoms with Gasteiger partial charge in [-0.15, -0.1) is 0 Å². The minimum absolute atomic E-state index is 0.162. The summed E-state index contributed by atoms with van der Waals surface area (Å²) in [5, 5.41) is 24.8. The standard InChI is InChI=1S/C19H20FN7/c1-3-26-18(16-4-5-19(22)27(25-16)11(2)21)8-17(24-26)15-7-14(15)12-6-13(20)10-23-9-12/h4-6,8-10,14-15,21-22H,3,7H2,1-2H3. The van der Waals surface area contributed by atoms with Crippen LogP contribution in [0.25, 0.3) is 11.4 Å². The van der Waals surface area contributed by atoms with Crippen LogP contribution in [0.3, 0.4) is 0 Å². The molecular weight excluding hydrogens is 345 g/mol. The molecule has 0 radical (unpaired) electrons. The van der Waals surface area contributed by atoms with Crippen LogP contribution in [0.4, 0.5) is 4.39 Å². The Hall–Kier alpha value is -3.16. The van der Waals surface area contributed by atoms with Gasteiger partial charge in [0, 0.05) is 18.7 Å². The van der Waals surface area contributed by atoms with E-state index in [1.54, 1.807) is 31.3 Å². The molecule has 0 saturated heterocycles. The predicted molar refractivity (Wildman–Crippen MR) is 98.1 cm³/mol. The fourth-order valence-corrected chi connectivity index (χ4v) is 3.40. The van der Waals surface area contributed by atoms with Crippen molar-refractivity contribution < 1.29 is 4.39 Å². The van der Waals surface area contributed by atoms with Crippen molar-refractivity contribution in [2.24, 2.45) is 0 Å². The molecule has 7 nitrogen and oxygen atoms in total. The maximum absolute atomic E-state index is 13.4. The van der Waals surface area contributed by atoms with Crippen LogP contribution < -0.4 is 5.49 Å². The van der Waals surface area contributed by atoms with Crippen molar-refractivity contribution in [3.63, 3.8) is 0 Å². The van der Waals surface area contributed by atoms with Crippen molar-refractivity contribution in [1.29, 1.82) is 10.8 Å². The number of hydrogen-bond acceptors (Lipinski definition) is 5. The molecule has 1 saturated carbocycles. The van der Waals surface area contributed by atoms with E-state index in [1.165, 1.54) is 10.9 Å². The highest BCUT2D eigenvalue weighted by Gasteiger charge is 2.42. The van der Waals surface area contributed by atoms with Gasteiger partial charge in [-0.1, -0.05) is 0 Å². The lowest BCUT2D eigenvalue weighted by molar-refractivity contribution is 0.618. The van der Waals surface area contributed by atoms with Crippen LogP contribution >= 0.6 is 0 Å². The molecule has 0 spiro atoms. The summed E-state index contributed by atoms with van der Waals surface area (Å²) in [5.74, 6) is 0.348. The van der Waals surface area contributed by atoms with Gasteiger partial charge in [0.15, 0.2) is 0 Å². The van der Waals surface area contributed by atoms with E-state index in [0.717, 1.165) is 23.4 Å². The minimum atomic E-state index is -0.316. The van der Waals surface area contributed by atoms with Gasteiger partial charge in [-0.25, -0.2) is 9.07 Å². The molecule has 0 aliphatic heterocycles. The van der Waals surface area contributed by atoms with E-state index in [0.29, 0.717) is 12.2 Å². The van der Waals surface area contributed by atoms with Crippen molar-refractivity contribution in [2.75, 3.05) is 0 Å². The molecule has 0 bridgehead atoms. The Kier molecular flexibility index (Phi) is 4.18. The summed E-state index contributed by atoms with van der Waals surface area (Å²) in [4.78, 5) is 3.94. The van der Waals surface area contributed by atoms with Gasteiger partial charge in [-0.2, -0.15) is 10.2 Å². The van der Waals surface area contributed by atoms with Gasteiger partial charge < -0.3 is 0 Å². The molecule has 1 aliphatic rings. The topological polar surface area (TPSA) is 96.2 Å². The second-order valence-electron chi connectivity index (χ2n) is 6.76. The molecular formula is C19H20FN7. The van der Waals surface area contributed by atoms with Crippen LogP contribution in [0.2, 0.25) is 0 Å². The summed E-state index contributed by atoms with van der Waals surface area (Å²) in [6.45, 7) is 4.29. The molecule has 3 heterocycles. The molecule has 4 rings (SSSR count). The number of rotatable bonds is 4. The largest absolute Gasteiger partial charge is 0.287 e. The van der Waals surface area contributed by atoms with Crippen LogP contribution in [0, 0.1) is 16.6 Å².